The average Bonchev–Trinajstić information content (AvgIpc) is 2.65. The molecule has 3 aliphatic rings. The molecule has 1 aliphatic carbocycles. The number of fused-ring (bicyclic) bond motifs is 1. The molecule has 0 aromatic carbocycles. The summed E-state index contributed by atoms with van der Waals surface area (Å²) in [6.45, 7) is 4.36. The van der Waals surface area contributed by atoms with Crippen LogP contribution in [0.2, 0.25) is 0 Å². The summed E-state index contributed by atoms with van der Waals surface area (Å²) in [4.78, 5) is 25.0. The molecule has 0 bridgehead atoms. The summed E-state index contributed by atoms with van der Waals surface area (Å²) in [5, 5.41) is 18.1. The summed E-state index contributed by atoms with van der Waals surface area (Å²) in [7, 11) is 0. The van der Waals surface area contributed by atoms with E-state index in [-0.39, 0.29) is 48.2 Å². The number of amides is 2. The first-order valence-corrected chi connectivity index (χ1v) is 9.97. The molecule has 1 saturated carbocycles. The highest BCUT2D eigenvalue weighted by Crippen LogP contribution is 2.37. The van der Waals surface area contributed by atoms with Crippen LogP contribution in [0.1, 0.15) is 52.4 Å². The van der Waals surface area contributed by atoms with Gasteiger partial charge in [0.25, 0.3) is 0 Å². The molecule has 7 heteroatoms. The first-order chi connectivity index (χ1) is 12.9. The molecule has 2 heterocycles. The number of carbonyl (C=O) groups excluding carboxylic acids is 2. The summed E-state index contributed by atoms with van der Waals surface area (Å²) in [6, 6.07) is 2.14. The molecule has 27 heavy (non-hydrogen) atoms. The van der Waals surface area contributed by atoms with Crippen molar-refractivity contribution in [2.75, 3.05) is 6.54 Å². The van der Waals surface area contributed by atoms with E-state index < -0.39 is 6.17 Å². The zero-order chi connectivity index (χ0) is 19.6. The maximum atomic E-state index is 14.4. The first-order valence-electron chi connectivity index (χ1n) is 9.97. The van der Waals surface area contributed by atoms with Crippen LogP contribution in [0.25, 0.3) is 0 Å². The summed E-state index contributed by atoms with van der Waals surface area (Å²) in [6.07, 6.45) is 2.76. The molecule has 2 fully saturated rings. The van der Waals surface area contributed by atoms with Crippen molar-refractivity contribution in [3.8, 4) is 6.07 Å². The summed E-state index contributed by atoms with van der Waals surface area (Å²) >= 11 is 0. The van der Waals surface area contributed by atoms with Crippen molar-refractivity contribution >= 4 is 11.8 Å². The van der Waals surface area contributed by atoms with Gasteiger partial charge in [-0.2, -0.15) is 5.26 Å². The molecule has 6 atom stereocenters. The van der Waals surface area contributed by atoms with E-state index in [1.807, 2.05) is 6.92 Å². The van der Waals surface area contributed by atoms with Gasteiger partial charge >= 0.3 is 0 Å². The Morgan fingerprint density at radius 3 is 2.81 bits per heavy atom. The van der Waals surface area contributed by atoms with Gasteiger partial charge in [0, 0.05) is 36.2 Å². The average molecular weight is 376 g/mol. The van der Waals surface area contributed by atoms with E-state index >= 15 is 0 Å². The Morgan fingerprint density at radius 1 is 1.37 bits per heavy atom. The van der Waals surface area contributed by atoms with Crippen LogP contribution >= 0.6 is 0 Å². The lowest BCUT2D eigenvalue weighted by Crippen LogP contribution is -2.53. The number of halogens is 1. The third-order valence-corrected chi connectivity index (χ3v) is 6.35. The minimum absolute atomic E-state index is 0.0223. The summed E-state index contributed by atoms with van der Waals surface area (Å²) in [5.41, 5.74) is 1.14. The third kappa shape index (κ3) is 4.32. The van der Waals surface area contributed by atoms with Crippen molar-refractivity contribution < 1.29 is 14.0 Å². The van der Waals surface area contributed by atoms with Crippen LogP contribution in [0.5, 0.6) is 0 Å². The normalized spacial score (nSPS) is 34.9. The van der Waals surface area contributed by atoms with Gasteiger partial charge in [-0.25, -0.2) is 4.39 Å². The Balaban J connectivity index is 1.60. The fourth-order valence-electron chi connectivity index (χ4n) is 4.72. The van der Waals surface area contributed by atoms with Crippen molar-refractivity contribution in [1.82, 2.24) is 16.0 Å². The van der Waals surface area contributed by atoms with Gasteiger partial charge in [0.05, 0.1) is 18.4 Å². The fraction of sp³-hybridized carbons (Fsp3) is 0.750. The van der Waals surface area contributed by atoms with Crippen LogP contribution in [0.15, 0.2) is 11.1 Å². The number of nitrogens with one attached hydrogen (secondary N) is 3. The lowest BCUT2D eigenvalue weighted by molar-refractivity contribution is -0.125. The maximum absolute atomic E-state index is 14.4. The highest BCUT2D eigenvalue weighted by molar-refractivity contribution is 6.00. The van der Waals surface area contributed by atoms with Gasteiger partial charge in [-0.3, -0.25) is 9.59 Å². The Labute approximate surface area is 159 Å². The molecule has 1 saturated heterocycles. The smallest absolute Gasteiger partial charge is 0.247 e. The van der Waals surface area contributed by atoms with Gasteiger partial charge in [-0.15, -0.1) is 0 Å². The monoisotopic (exact) mass is 376 g/mol. The number of alkyl halides is 1. The van der Waals surface area contributed by atoms with Gasteiger partial charge in [-0.05, 0) is 46.0 Å². The zero-order valence-electron chi connectivity index (χ0n) is 16.1. The minimum Gasteiger partial charge on any atom is -0.352 e. The summed E-state index contributed by atoms with van der Waals surface area (Å²) in [5.74, 6) is -0.737. The fourth-order valence-corrected chi connectivity index (χ4v) is 4.72. The Hall–Kier alpha value is -1.94. The van der Waals surface area contributed by atoms with E-state index in [2.05, 4.69) is 22.0 Å². The van der Waals surface area contributed by atoms with Crippen LogP contribution in [-0.2, 0) is 9.59 Å². The largest absolute Gasteiger partial charge is 0.352 e. The zero-order valence-corrected chi connectivity index (χ0v) is 16.1. The van der Waals surface area contributed by atoms with E-state index in [0.29, 0.717) is 18.5 Å². The second kappa shape index (κ2) is 8.39. The van der Waals surface area contributed by atoms with Crippen LogP contribution in [0, 0.1) is 23.2 Å². The number of piperidine rings is 1. The van der Waals surface area contributed by atoms with Crippen molar-refractivity contribution in [3.05, 3.63) is 11.1 Å². The molecule has 0 spiro atoms. The molecule has 0 aromatic heterocycles. The van der Waals surface area contributed by atoms with E-state index in [9.17, 15) is 14.0 Å². The molecule has 2 aliphatic heterocycles. The molecule has 2 amide bonds. The van der Waals surface area contributed by atoms with E-state index in [1.54, 1.807) is 6.92 Å². The van der Waals surface area contributed by atoms with E-state index in [0.717, 1.165) is 31.3 Å². The molecule has 5 unspecified atom stereocenters. The van der Waals surface area contributed by atoms with Crippen molar-refractivity contribution in [2.24, 2.45) is 11.8 Å². The van der Waals surface area contributed by atoms with Crippen molar-refractivity contribution in [1.29, 1.82) is 5.26 Å². The molecule has 6 nitrogen and oxygen atoms in total. The predicted molar refractivity (Wildman–Crippen MR) is 99.2 cm³/mol. The Morgan fingerprint density at radius 2 is 2.15 bits per heavy atom. The number of nitrogens with zero attached hydrogens (tertiary/aromatic N) is 1. The summed E-state index contributed by atoms with van der Waals surface area (Å²) < 4.78 is 14.4. The van der Waals surface area contributed by atoms with Gasteiger partial charge in [0.2, 0.25) is 11.8 Å². The molecule has 0 radical (unpaired) electrons. The Kier molecular flexibility index (Phi) is 6.15. The quantitative estimate of drug-likeness (QED) is 0.696. The molecule has 148 valence electrons. The van der Waals surface area contributed by atoms with Crippen LogP contribution < -0.4 is 16.0 Å². The van der Waals surface area contributed by atoms with Gasteiger partial charge in [-0.1, -0.05) is 5.57 Å². The SMILES string of the molecule is CC1=C(CC(=O)N[C@@H](C)C2CCC(C#N)CN2)C(=O)NC2CCCC(F)C12. The predicted octanol–water partition coefficient (Wildman–Crippen LogP) is 1.73. The second-order valence-corrected chi connectivity index (χ2v) is 8.17. The highest BCUT2D eigenvalue weighted by atomic mass is 19.1. The van der Waals surface area contributed by atoms with Crippen LogP contribution in [-0.4, -0.2) is 42.7 Å². The highest BCUT2D eigenvalue weighted by Gasteiger charge is 2.41. The number of hydrogen-bond acceptors (Lipinski definition) is 4. The van der Waals surface area contributed by atoms with Gasteiger partial charge in [0.15, 0.2) is 0 Å². The third-order valence-electron chi connectivity index (χ3n) is 6.35. The minimum atomic E-state index is -0.958. The molecule has 0 aromatic rings. The lowest BCUT2D eigenvalue weighted by atomic mass is 9.74. The maximum Gasteiger partial charge on any atom is 0.247 e. The second-order valence-electron chi connectivity index (χ2n) is 8.17. The van der Waals surface area contributed by atoms with Crippen LogP contribution in [0.3, 0.4) is 0 Å². The van der Waals surface area contributed by atoms with E-state index in [1.165, 1.54) is 0 Å². The topological polar surface area (TPSA) is 94.0 Å². The van der Waals surface area contributed by atoms with Crippen molar-refractivity contribution in [2.45, 2.75) is 76.7 Å². The number of hydrogen-bond donors (Lipinski definition) is 3. The molecule has 3 N–H and O–H groups in total. The van der Waals surface area contributed by atoms with E-state index in [4.69, 9.17) is 5.26 Å². The number of rotatable bonds is 4. The molecular formula is C20H29FN4O2. The number of carbonyl (C=O) groups is 2. The first kappa shape index (κ1) is 19.8. The van der Waals surface area contributed by atoms with Crippen molar-refractivity contribution in [3.63, 3.8) is 0 Å². The molecular weight excluding hydrogens is 347 g/mol. The van der Waals surface area contributed by atoms with Crippen LogP contribution in [0.4, 0.5) is 4.39 Å². The Bertz CT molecular complexity index is 663. The van der Waals surface area contributed by atoms with Gasteiger partial charge in [0.1, 0.15) is 6.17 Å². The number of nitriles is 1. The standard InChI is InChI=1S/C20H29FN4O2/c1-11-14(20(27)25-17-5-3-4-15(21)19(11)17)8-18(26)24-12(2)16-7-6-13(9-22)10-23-16/h12-13,15-17,19,23H,3-8,10H2,1-2H3,(H,24,26)(H,25,27)/t12-,13?,15?,16?,17?,19?/m0/s1. The molecule has 3 rings (SSSR count). The lowest BCUT2D eigenvalue weighted by Gasteiger charge is -2.40. The van der Waals surface area contributed by atoms with Gasteiger partial charge < -0.3 is 16.0 Å².